The van der Waals surface area contributed by atoms with Gasteiger partial charge in [-0.2, -0.15) is 9.40 Å². The summed E-state index contributed by atoms with van der Waals surface area (Å²) in [7, 11) is -1.33. The zero-order valence-electron chi connectivity index (χ0n) is 16.3. The maximum Gasteiger partial charge on any atom is 0.211 e. The lowest BCUT2D eigenvalue weighted by Gasteiger charge is -2.35. The Bertz CT molecular complexity index is 1120. The quantitative estimate of drug-likeness (QED) is 0.654. The van der Waals surface area contributed by atoms with E-state index in [0.29, 0.717) is 26.2 Å². The van der Waals surface area contributed by atoms with Crippen molar-refractivity contribution in [2.75, 3.05) is 37.3 Å². The lowest BCUT2D eigenvalue weighted by molar-refractivity contribution is 0.388. The van der Waals surface area contributed by atoms with E-state index in [1.54, 1.807) is 23.0 Å². The average Bonchev–Trinajstić information content (AvgIpc) is 3.14. The molecule has 0 N–H and O–H groups in total. The highest BCUT2D eigenvalue weighted by Gasteiger charge is 2.25. The first-order chi connectivity index (χ1) is 13.8. The molecular weight excluding hydrogens is 393 g/mol. The summed E-state index contributed by atoms with van der Waals surface area (Å²) in [6.45, 7) is 2.01. The maximum atomic E-state index is 13.3. The maximum absolute atomic E-state index is 13.3. The standard InChI is InChI=1S/C20H22FN5O2S/c1-24-8-7-18(23-24)17-13-19(15-3-5-16(21)6-4-15)22-14-20(17)25-9-11-26(12-10-25)29(2,27)28/h3-8,13-14H,9-12H2,1-2H3. The molecule has 0 unspecified atom stereocenters. The van der Waals surface area contributed by atoms with Gasteiger partial charge in [-0.15, -0.1) is 0 Å². The van der Waals surface area contributed by atoms with E-state index >= 15 is 0 Å². The molecule has 1 aliphatic rings. The van der Waals surface area contributed by atoms with Gasteiger partial charge in [0.25, 0.3) is 0 Å². The Morgan fingerprint density at radius 2 is 1.69 bits per heavy atom. The topological polar surface area (TPSA) is 71.3 Å². The molecule has 1 aromatic carbocycles. The molecule has 0 aliphatic carbocycles. The Balaban J connectivity index is 1.71. The van der Waals surface area contributed by atoms with Gasteiger partial charge in [0.05, 0.1) is 29.5 Å². The van der Waals surface area contributed by atoms with Crippen molar-refractivity contribution in [3.05, 3.63) is 54.6 Å². The SMILES string of the molecule is Cn1ccc(-c2cc(-c3ccc(F)cc3)ncc2N2CCN(S(C)(=O)=O)CC2)n1. The molecule has 1 fully saturated rings. The van der Waals surface area contributed by atoms with E-state index in [1.807, 2.05) is 25.4 Å². The van der Waals surface area contributed by atoms with Crippen molar-refractivity contribution in [3.8, 4) is 22.5 Å². The molecule has 0 bridgehead atoms. The van der Waals surface area contributed by atoms with Crippen LogP contribution in [0.2, 0.25) is 0 Å². The van der Waals surface area contributed by atoms with Gasteiger partial charge in [0.2, 0.25) is 10.0 Å². The van der Waals surface area contributed by atoms with Crippen LogP contribution in [0.1, 0.15) is 0 Å². The van der Waals surface area contributed by atoms with E-state index in [9.17, 15) is 12.8 Å². The molecule has 1 aliphatic heterocycles. The van der Waals surface area contributed by atoms with Crippen LogP contribution in [0.4, 0.5) is 10.1 Å². The molecule has 0 radical (unpaired) electrons. The third-order valence-corrected chi connectivity index (χ3v) is 6.36. The highest BCUT2D eigenvalue weighted by molar-refractivity contribution is 7.88. The monoisotopic (exact) mass is 415 g/mol. The van der Waals surface area contributed by atoms with E-state index in [-0.39, 0.29) is 5.82 Å². The first kappa shape index (κ1) is 19.5. The fourth-order valence-electron chi connectivity index (χ4n) is 3.50. The average molecular weight is 415 g/mol. The lowest BCUT2D eigenvalue weighted by atomic mass is 10.0. The van der Waals surface area contributed by atoms with Gasteiger partial charge in [0.15, 0.2) is 0 Å². The van der Waals surface area contributed by atoms with Crippen molar-refractivity contribution in [2.24, 2.45) is 7.05 Å². The van der Waals surface area contributed by atoms with Crippen molar-refractivity contribution in [3.63, 3.8) is 0 Å². The first-order valence-corrected chi connectivity index (χ1v) is 11.1. The number of rotatable bonds is 4. The highest BCUT2D eigenvalue weighted by Crippen LogP contribution is 2.33. The largest absolute Gasteiger partial charge is 0.367 e. The van der Waals surface area contributed by atoms with E-state index < -0.39 is 10.0 Å². The van der Waals surface area contributed by atoms with Crippen LogP contribution in [-0.2, 0) is 17.1 Å². The summed E-state index contributed by atoms with van der Waals surface area (Å²) in [5.41, 5.74) is 4.16. The molecule has 7 nitrogen and oxygen atoms in total. The number of hydrogen-bond donors (Lipinski definition) is 0. The Morgan fingerprint density at radius 1 is 1.00 bits per heavy atom. The van der Waals surface area contributed by atoms with Crippen molar-refractivity contribution in [1.29, 1.82) is 0 Å². The molecule has 0 spiro atoms. The highest BCUT2D eigenvalue weighted by atomic mass is 32.2. The summed E-state index contributed by atoms with van der Waals surface area (Å²) >= 11 is 0. The second-order valence-corrected chi connectivity index (χ2v) is 9.10. The van der Waals surface area contributed by atoms with Crippen molar-refractivity contribution >= 4 is 15.7 Å². The van der Waals surface area contributed by atoms with E-state index in [4.69, 9.17) is 0 Å². The normalized spacial score (nSPS) is 15.6. The number of pyridine rings is 1. The zero-order chi connectivity index (χ0) is 20.6. The second kappa shape index (κ2) is 7.57. The molecule has 0 atom stereocenters. The predicted molar refractivity (Wildman–Crippen MR) is 110 cm³/mol. The Kier molecular flexibility index (Phi) is 5.10. The minimum atomic E-state index is -3.19. The number of nitrogens with zero attached hydrogens (tertiary/aromatic N) is 5. The van der Waals surface area contributed by atoms with Crippen LogP contribution in [0.25, 0.3) is 22.5 Å². The predicted octanol–water partition coefficient (Wildman–Crippen LogP) is 2.37. The van der Waals surface area contributed by atoms with Gasteiger partial charge in [-0.05, 0) is 36.4 Å². The molecule has 29 heavy (non-hydrogen) atoms. The molecule has 3 heterocycles. The van der Waals surface area contributed by atoms with Crippen molar-refractivity contribution < 1.29 is 12.8 Å². The summed E-state index contributed by atoms with van der Waals surface area (Å²) in [5, 5.41) is 4.54. The van der Waals surface area contributed by atoms with E-state index in [2.05, 4.69) is 15.0 Å². The molecule has 9 heteroatoms. The zero-order valence-corrected chi connectivity index (χ0v) is 17.1. The lowest BCUT2D eigenvalue weighted by Crippen LogP contribution is -2.48. The van der Waals surface area contributed by atoms with E-state index in [1.165, 1.54) is 22.7 Å². The summed E-state index contributed by atoms with van der Waals surface area (Å²) in [4.78, 5) is 6.72. The number of sulfonamides is 1. The van der Waals surface area contributed by atoms with Crippen LogP contribution in [0.5, 0.6) is 0 Å². The molecule has 2 aromatic heterocycles. The summed E-state index contributed by atoms with van der Waals surface area (Å²) in [6.07, 6.45) is 4.90. The van der Waals surface area contributed by atoms with Gasteiger partial charge in [-0.25, -0.2) is 12.8 Å². The molecule has 1 saturated heterocycles. The number of halogens is 1. The van der Waals surface area contributed by atoms with Gasteiger partial charge < -0.3 is 4.90 Å². The number of benzene rings is 1. The molecule has 4 rings (SSSR count). The third kappa shape index (κ3) is 4.15. The molecule has 0 amide bonds. The van der Waals surface area contributed by atoms with Crippen LogP contribution < -0.4 is 4.90 Å². The van der Waals surface area contributed by atoms with Crippen LogP contribution in [-0.4, -0.2) is 59.9 Å². The van der Waals surface area contributed by atoms with Gasteiger partial charge in [-0.1, -0.05) is 0 Å². The van der Waals surface area contributed by atoms with Crippen molar-refractivity contribution in [2.45, 2.75) is 0 Å². The summed E-state index contributed by atoms with van der Waals surface area (Å²) < 4.78 is 40.1. The van der Waals surface area contributed by atoms with Crippen LogP contribution in [0.3, 0.4) is 0 Å². The Labute approximate surface area is 169 Å². The number of aryl methyl sites for hydroxylation is 1. The summed E-state index contributed by atoms with van der Waals surface area (Å²) in [5.74, 6) is -0.293. The van der Waals surface area contributed by atoms with E-state index in [0.717, 1.165) is 28.2 Å². The number of piperazine rings is 1. The minimum Gasteiger partial charge on any atom is -0.367 e. The van der Waals surface area contributed by atoms with Crippen LogP contribution >= 0.6 is 0 Å². The Morgan fingerprint density at radius 3 is 2.28 bits per heavy atom. The number of hydrogen-bond acceptors (Lipinski definition) is 5. The van der Waals surface area contributed by atoms with Gasteiger partial charge in [0, 0.05) is 50.6 Å². The molecule has 0 saturated carbocycles. The number of anilines is 1. The van der Waals surface area contributed by atoms with Gasteiger partial charge in [-0.3, -0.25) is 9.67 Å². The smallest absolute Gasteiger partial charge is 0.211 e. The van der Waals surface area contributed by atoms with Crippen LogP contribution in [0, 0.1) is 5.82 Å². The molecule has 152 valence electrons. The Hall–Kier alpha value is -2.78. The fourth-order valence-corrected chi connectivity index (χ4v) is 4.33. The van der Waals surface area contributed by atoms with Crippen LogP contribution in [0.15, 0.2) is 48.8 Å². The first-order valence-electron chi connectivity index (χ1n) is 9.27. The van der Waals surface area contributed by atoms with Gasteiger partial charge in [0.1, 0.15) is 5.82 Å². The number of aromatic nitrogens is 3. The fraction of sp³-hybridized carbons (Fsp3) is 0.300. The second-order valence-electron chi connectivity index (χ2n) is 7.12. The molecular formula is C20H22FN5O2S. The third-order valence-electron chi connectivity index (χ3n) is 5.06. The minimum absolute atomic E-state index is 0.293. The molecule has 3 aromatic rings. The summed E-state index contributed by atoms with van der Waals surface area (Å²) in [6, 6.07) is 10.1. The van der Waals surface area contributed by atoms with Crippen molar-refractivity contribution in [1.82, 2.24) is 19.1 Å². The van der Waals surface area contributed by atoms with Gasteiger partial charge >= 0.3 is 0 Å².